The highest BCUT2D eigenvalue weighted by Crippen LogP contribution is 2.28. The van der Waals surface area contributed by atoms with Gasteiger partial charge in [0.2, 0.25) is 5.91 Å². The number of nitrogens with one attached hydrogen (secondary N) is 1. The van der Waals surface area contributed by atoms with Crippen LogP contribution in [0.4, 0.5) is 13.2 Å². The van der Waals surface area contributed by atoms with Crippen molar-refractivity contribution in [2.45, 2.75) is 11.4 Å². The van der Waals surface area contributed by atoms with Crippen molar-refractivity contribution in [3.63, 3.8) is 0 Å². The first-order chi connectivity index (χ1) is 4.93. The predicted octanol–water partition coefficient (Wildman–Crippen LogP) is 1.03. The average molecular weight is 187 g/mol. The van der Waals surface area contributed by atoms with Gasteiger partial charge in [0.25, 0.3) is 0 Å². The molecule has 1 amide bonds. The summed E-state index contributed by atoms with van der Waals surface area (Å²) in [5, 5.41) is -0.00863. The van der Waals surface area contributed by atoms with Gasteiger partial charge < -0.3 is 5.32 Å². The molecule has 66 valence electrons. The van der Waals surface area contributed by atoms with Crippen molar-refractivity contribution in [2.75, 3.05) is 13.3 Å². The molecule has 0 aromatic carbocycles. The van der Waals surface area contributed by atoms with Crippen LogP contribution < -0.4 is 5.32 Å². The molecule has 1 atom stereocenters. The molecule has 0 heterocycles. The lowest BCUT2D eigenvalue weighted by Crippen LogP contribution is -2.40. The SMILES string of the molecule is CNC(=O)C(SC)C(F)(F)F. The number of carbonyl (C=O) groups excluding carboxylic acids is 1. The fourth-order valence-electron chi connectivity index (χ4n) is 0.520. The van der Waals surface area contributed by atoms with E-state index in [4.69, 9.17) is 0 Å². The van der Waals surface area contributed by atoms with Crippen LogP contribution in [0, 0.1) is 0 Å². The van der Waals surface area contributed by atoms with Gasteiger partial charge in [0.05, 0.1) is 0 Å². The summed E-state index contributed by atoms with van der Waals surface area (Å²) in [6.07, 6.45) is -3.22. The smallest absolute Gasteiger partial charge is 0.358 e. The second-order valence-corrected chi connectivity index (χ2v) is 2.71. The molecule has 0 aliphatic rings. The van der Waals surface area contributed by atoms with Gasteiger partial charge >= 0.3 is 6.18 Å². The van der Waals surface area contributed by atoms with Gasteiger partial charge in [0.15, 0.2) is 5.25 Å². The van der Waals surface area contributed by atoms with Crippen molar-refractivity contribution in [2.24, 2.45) is 0 Å². The van der Waals surface area contributed by atoms with E-state index in [9.17, 15) is 18.0 Å². The van der Waals surface area contributed by atoms with Gasteiger partial charge in [-0.05, 0) is 6.26 Å². The van der Waals surface area contributed by atoms with Crippen LogP contribution >= 0.6 is 11.8 Å². The fourth-order valence-corrected chi connectivity index (χ4v) is 1.12. The van der Waals surface area contributed by atoms with E-state index in [2.05, 4.69) is 0 Å². The molecule has 6 heteroatoms. The number of rotatable bonds is 2. The Kier molecular flexibility index (Phi) is 3.71. The minimum absolute atomic E-state index is 0.472. The molecular weight excluding hydrogens is 179 g/mol. The van der Waals surface area contributed by atoms with Crippen LogP contribution in [0.15, 0.2) is 0 Å². The number of alkyl halides is 3. The third-order valence-corrected chi connectivity index (χ3v) is 1.97. The first kappa shape index (κ1) is 10.6. The van der Waals surface area contributed by atoms with Crippen LogP contribution in [0.5, 0.6) is 0 Å². The lowest BCUT2D eigenvalue weighted by atomic mass is 10.4. The molecule has 0 spiro atoms. The van der Waals surface area contributed by atoms with Crippen molar-refractivity contribution in [3.8, 4) is 0 Å². The number of halogens is 3. The van der Waals surface area contributed by atoms with Gasteiger partial charge in [0, 0.05) is 7.05 Å². The fraction of sp³-hybridized carbons (Fsp3) is 0.800. The molecule has 0 fully saturated rings. The van der Waals surface area contributed by atoms with Crippen molar-refractivity contribution >= 4 is 17.7 Å². The van der Waals surface area contributed by atoms with Gasteiger partial charge in [-0.1, -0.05) is 0 Å². The van der Waals surface area contributed by atoms with Crippen molar-refractivity contribution in [1.82, 2.24) is 5.32 Å². The molecule has 0 bridgehead atoms. The summed E-state index contributed by atoms with van der Waals surface area (Å²) in [4.78, 5) is 10.5. The van der Waals surface area contributed by atoms with E-state index >= 15 is 0 Å². The number of amides is 1. The Balaban J connectivity index is 4.29. The molecule has 0 aliphatic heterocycles. The molecule has 0 saturated carbocycles. The molecule has 0 aliphatic carbocycles. The Bertz CT molecular complexity index is 147. The molecule has 11 heavy (non-hydrogen) atoms. The summed E-state index contributed by atoms with van der Waals surface area (Å²) in [5.74, 6) is -1.01. The third-order valence-electron chi connectivity index (χ3n) is 1.02. The van der Waals surface area contributed by atoms with Crippen LogP contribution in [0.1, 0.15) is 0 Å². The molecule has 0 rings (SSSR count). The summed E-state index contributed by atoms with van der Waals surface area (Å²) in [6.45, 7) is 0. The van der Waals surface area contributed by atoms with Gasteiger partial charge in [-0.2, -0.15) is 13.2 Å². The lowest BCUT2D eigenvalue weighted by molar-refractivity contribution is -0.149. The zero-order chi connectivity index (χ0) is 9.07. The second-order valence-electron chi connectivity index (χ2n) is 1.77. The summed E-state index contributed by atoms with van der Waals surface area (Å²) in [5.41, 5.74) is 0. The standard InChI is InChI=1S/C5H8F3NOS/c1-9-4(10)3(11-2)5(6,7)8/h3H,1-2H3,(H,9,10). The largest absolute Gasteiger partial charge is 0.409 e. The van der Waals surface area contributed by atoms with Crippen LogP contribution in [-0.2, 0) is 4.79 Å². The van der Waals surface area contributed by atoms with Gasteiger partial charge in [-0.3, -0.25) is 4.79 Å². The predicted molar refractivity (Wildman–Crippen MR) is 37.4 cm³/mol. The molecule has 0 saturated heterocycles. The summed E-state index contributed by atoms with van der Waals surface area (Å²) < 4.78 is 35.6. The first-order valence-electron chi connectivity index (χ1n) is 2.74. The summed E-state index contributed by atoms with van der Waals surface area (Å²) in [6, 6.07) is 0. The maximum absolute atomic E-state index is 11.9. The van der Waals surface area contributed by atoms with Crippen LogP contribution in [0.2, 0.25) is 0 Å². The van der Waals surface area contributed by atoms with E-state index in [0.717, 1.165) is 0 Å². The molecule has 1 unspecified atom stereocenters. The maximum atomic E-state index is 11.9. The van der Waals surface area contributed by atoms with E-state index in [1.165, 1.54) is 13.3 Å². The Labute approximate surface area is 66.5 Å². The highest BCUT2D eigenvalue weighted by atomic mass is 32.2. The topological polar surface area (TPSA) is 29.1 Å². The lowest BCUT2D eigenvalue weighted by Gasteiger charge is -2.15. The molecular formula is C5H8F3NOS. The highest BCUT2D eigenvalue weighted by molar-refractivity contribution is 8.00. The summed E-state index contributed by atoms with van der Waals surface area (Å²) >= 11 is 0.472. The Morgan fingerprint density at radius 3 is 2.09 bits per heavy atom. The number of hydrogen-bond acceptors (Lipinski definition) is 2. The normalized spacial score (nSPS) is 14.3. The van der Waals surface area contributed by atoms with Gasteiger partial charge in [-0.15, -0.1) is 11.8 Å². The minimum Gasteiger partial charge on any atom is -0.358 e. The van der Waals surface area contributed by atoms with Crippen molar-refractivity contribution in [1.29, 1.82) is 0 Å². The van der Waals surface area contributed by atoms with E-state index in [1.54, 1.807) is 0 Å². The number of thioether (sulfide) groups is 1. The molecule has 0 aromatic rings. The van der Waals surface area contributed by atoms with Crippen molar-refractivity contribution in [3.05, 3.63) is 0 Å². The van der Waals surface area contributed by atoms with E-state index < -0.39 is 17.3 Å². The monoisotopic (exact) mass is 187 g/mol. The summed E-state index contributed by atoms with van der Waals surface area (Å²) in [7, 11) is 1.18. The average Bonchev–Trinajstić information content (AvgIpc) is 1.86. The van der Waals surface area contributed by atoms with Crippen LogP contribution in [0.3, 0.4) is 0 Å². The van der Waals surface area contributed by atoms with E-state index in [1.807, 2.05) is 5.32 Å². The van der Waals surface area contributed by atoms with E-state index in [-0.39, 0.29) is 0 Å². The molecule has 0 radical (unpaired) electrons. The zero-order valence-corrected chi connectivity index (χ0v) is 6.84. The Hall–Kier alpha value is -0.390. The Morgan fingerprint density at radius 1 is 1.55 bits per heavy atom. The molecule has 1 N–H and O–H groups in total. The number of carbonyl (C=O) groups is 1. The van der Waals surface area contributed by atoms with Gasteiger partial charge in [0.1, 0.15) is 0 Å². The van der Waals surface area contributed by atoms with Crippen LogP contribution in [0.25, 0.3) is 0 Å². The van der Waals surface area contributed by atoms with Gasteiger partial charge in [-0.25, -0.2) is 0 Å². The van der Waals surface area contributed by atoms with Crippen molar-refractivity contribution < 1.29 is 18.0 Å². The Morgan fingerprint density at radius 2 is 2.00 bits per heavy atom. The first-order valence-corrected chi connectivity index (χ1v) is 4.03. The minimum atomic E-state index is -4.46. The molecule has 0 aromatic heterocycles. The number of hydrogen-bond donors (Lipinski definition) is 1. The quantitative estimate of drug-likeness (QED) is 0.699. The molecule has 2 nitrogen and oxygen atoms in total. The highest BCUT2D eigenvalue weighted by Gasteiger charge is 2.43. The zero-order valence-electron chi connectivity index (χ0n) is 6.03. The third kappa shape index (κ3) is 3.00. The maximum Gasteiger partial charge on any atom is 0.409 e. The second kappa shape index (κ2) is 3.85. The van der Waals surface area contributed by atoms with E-state index in [0.29, 0.717) is 11.8 Å². The van der Waals surface area contributed by atoms with Crippen LogP contribution in [-0.4, -0.2) is 30.6 Å².